The normalized spacial score (nSPS) is 11.1. The number of carbonyl (C=O) groups excluding carboxylic acids is 1. The smallest absolute Gasteiger partial charge is 0.342 e. The molecule has 0 radical (unpaired) electrons. The summed E-state index contributed by atoms with van der Waals surface area (Å²) in [4.78, 5) is 29.5. The molecule has 30 heavy (non-hydrogen) atoms. The molecular formula is C22H19FN4O3. The maximum atomic E-state index is 13.2. The van der Waals surface area contributed by atoms with E-state index in [0.29, 0.717) is 34.0 Å². The molecule has 0 fully saturated rings. The van der Waals surface area contributed by atoms with E-state index in [9.17, 15) is 14.0 Å². The Hall–Kier alpha value is -3.81. The van der Waals surface area contributed by atoms with E-state index in [2.05, 4.69) is 10.1 Å². The highest BCUT2D eigenvalue weighted by Crippen LogP contribution is 2.19. The van der Waals surface area contributed by atoms with E-state index in [1.165, 1.54) is 22.6 Å². The van der Waals surface area contributed by atoms with Gasteiger partial charge in [-0.3, -0.25) is 9.20 Å². The minimum Gasteiger partial charge on any atom is -0.455 e. The molecular weight excluding hydrogens is 387 g/mol. The van der Waals surface area contributed by atoms with Gasteiger partial charge in [0.2, 0.25) is 0 Å². The highest BCUT2D eigenvalue weighted by Gasteiger charge is 2.21. The fourth-order valence-corrected chi connectivity index (χ4v) is 3.42. The molecule has 0 aliphatic heterocycles. The van der Waals surface area contributed by atoms with Crippen molar-refractivity contribution in [2.45, 2.75) is 27.4 Å². The molecule has 4 aromatic rings. The van der Waals surface area contributed by atoms with Crippen molar-refractivity contribution in [2.75, 3.05) is 0 Å². The average molecular weight is 406 g/mol. The molecule has 8 heteroatoms. The molecule has 0 atom stereocenters. The zero-order valence-electron chi connectivity index (χ0n) is 16.7. The number of hydrogen-bond donors (Lipinski definition) is 0. The predicted octanol–water partition coefficient (Wildman–Crippen LogP) is 3.30. The number of carbonyl (C=O) groups is 1. The van der Waals surface area contributed by atoms with Crippen molar-refractivity contribution in [3.05, 3.63) is 93.0 Å². The molecule has 0 saturated carbocycles. The Morgan fingerprint density at radius 3 is 2.57 bits per heavy atom. The lowest BCUT2D eigenvalue weighted by atomic mass is 10.2. The van der Waals surface area contributed by atoms with Crippen molar-refractivity contribution in [2.24, 2.45) is 0 Å². The lowest BCUT2D eigenvalue weighted by Gasteiger charge is -2.08. The van der Waals surface area contributed by atoms with Gasteiger partial charge in [-0.1, -0.05) is 6.07 Å². The van der Waals surface area contributed by atoms with Gasteiger partial charge in [-0.15, -0.1) is 0 Å². The van der Waals surface area contributed by atoms with E-state index in [4.69, 9.17) is 4.74 Å². The number of nitrogens with zero attached hydrogens (tertiary/aromatic N) is 4. The topological polar surface area (TPSA) is 78.5 Å². The molecule has 0 unspecified atom stereocenters. The van der Waals surface area contributed by atoms with Crippen molar-refractivity contribution in [1.82, 2.24) is 19.2 Å². The summed E-state index contributed by atoms with van der Waals surface area (Å²) in [5.41, 5.74) is 3.41. The third kappa shape index (κ3) is 3.47. The van der Waals surface area contributed by atoms with Crippen LogP contribution in [0.4, 0.5) is 4.39 Å². The Balaban J connectivity index is 1.59. The third-order valence-corrected chi connectivity index (χ3v) is 4.85. The molecule has 3 aromatic heterocycles. The van der Waals surface area contributed by atoms with Crippen molar-refractivity contribution in [3.8, 4) is 5.69 Å². The van der Waals surface area contributed by atoms with Crippen molar-refractivity contribution in [1.29, 1.82) is 0 Å². The SMILES string of the molecule is Cc1nn(-c2ccc(F)cc2)c(C)c1C(=O)OCc1cc(=O)n2c(C)cccc2n1. The van der Waals surface area contributed by atoms with E-state index in [-0.39, 0.29) is 18.0 Å². The maximum Gasteiger partial charge on any atom is 0.342 e. The fourth-order valence-electron chi connectivity index (χ4n) is 3.42. The number of fused-ring (bicyclic) bond motifs is 1. The monoisotopic (exact) mass is 406 g/mol. The largest absolute Gasteiger partial charge is 0.455 e. The number of rotatable bonds is 4. The van der Waals surface area contributed by atoms with Gasteiger partial charge < -0.3 is 4.74 Å². The zero-order chi connectivity index (χ0) is 21.4. The number of aromatic nitrogens is 4. The first-order valence-electron chi connectivity index (χ1n) is 9.33. The summed E-state index contributed by atoms with van der Waals surface area (Å²) >= 11 is 0. The Labute approximate surface area is 171 Å². The number of esters is 1. The van der Waals surface area contributed by atoms with Crippen LogP contribution in [0.2, 0.25) is 0 Å². The molecule has 4 rings (SSSR count). The first kappa shape index (κ1) is 19.5. The summed E-state index contributed by atoms with van der Waals surface area (Å²) in [5.74, 6) is -0.918. The number of pyridine rings is 1. The van der Waals surface area contributed by atoms with E-state index >= 15 is 0 Å². The molecule has 7 nitrogen and oxygen atoms in total. The summed E-state index contributed by atoms with van der Waals surface area (Å²) in [6, 6.07) is 12.5. The van der Waals surface area contributed by atoms with Gasteiger partial charge >= 0.3 is 5.97 Å². The number of hydrogen-bond acceptors (Lipinski definition) is 5. The summed E-state index contributed by atoms with van der Waals surface area (Å²) in [7, 11) is 0. The van der Waals surface area contributed by atoms with Crippen LogP contribution < -0.4 is 5.56 Å². The zero-order valence-corrected chi connectivity index (χ0v) is 16.7. The molecule has 0 spiro atoms. The third-order valence-electron chi connectivity index (χ3n) is 4.85. The second kappa shape index (κ2) is 7.55. The number of halogens is 1. The molecule has 0 N–H and O–H groups in total. The van der Waals surface area contributed by atoms with E-state index in [1.54, 1.807) is 36.7 Å². The Morgan fingerprint density at radius 1 is 1.10 bits per heavy atom. The van der Waals surface area contributed by atoms with Crippen LogP contribution in [-0.2, 0) is 11.3 Å². The fraction of sp³-hybridized carbons (Fsp3) is 0.182. The van der Waals surface area contributed by atoms with Gasteiger partial charge in [0.25, 0.3) is 5.56 Å². The first-order chi connectivity index (χ1) is 14.3. The highest BCUT2D eigenvalue weighted by molar-refractivity contribution is 5.92. The second-order valence-electron chi connectivity index (χ2n) is 6.96. The Bertz CT molecular complexity index is 1320. The van der Waals surface area contributed by atoms with Crippen molar-refractivity contribution in [3.63, 3.8) is 0 Å². The van der Waals surface area contributed by atoms with E-state index in [0.717, 1.165) is 5.69 Å². The minimum atomic E-state index is -0.565. The molecule has 0 amide bonds. The van der Waals surface area contributed by atoms with Gasteiger partial charge in [0.15, 0.2) is 0 Å². The molecule has 0 bridgehead atoms. The molecule has 0 aliphatic rings. The maximum absolute atomic E-state index is 13.2. The van der Waals surface area contributed by atoms with Crippen molar-refractivity contribution < 1.29 is 13.9 Å². The summed E-state index contributed by atoms with van der Waals surface area (Å²) in [6.07, 6.45) is 0. The van der Waals surface area contributed by atoms with Gasteiger partial charge in [0.1, 0.15) is 23.6 Å². The summed E-state index contributed by atoms with van der Waals surface area (Å²) < 4.78 is 21.7. The molecule has 1 aromatic carbocycles. The van der Waals surface area contributed by atoms with Gasteiger partial charge in [0.05, 0.1) is 22.8 Å². The Kier molecular flexibility index (Phi) is 4.91. The number of ether oxygens (including phenoxy) is 1. The standard InChI is InChI=1S/C22H19FN4O3/c1-13-5-4-6-19-24-17(11-20(28)26(13)19)12-30-22(29)21-14(2)25-27(15(21)3)18-9-7-16(23)8-10-18/h4-11H,12H2,1-3H3. The van der Waals surface area contributed by atoms with Crippen LogP contribution in [-0.4, -0.2) is 25.1 Å². The van der Waals surface area contributed by atoms with E-state index in [1.807, 2.05) is 19.1 Å². The van der Waals surface area contributed by atoms with Crippen LogP contribution in [0.15, 0.2) is 53.3 Å². The minimum absolute atomic E-state index is 0.140. The Morgan fingerprint density at radius 2 is 1.83 bits per heavy atom. The van der Waals surface area contributed by atoms with Gasteiger partial charge in [-0.05, 0) is 57.2 Å². The average Bonchev–Trinajstić information content (AvgIpc) is 3.01. The number of benzene rings is 1. The van der Waals surface area contributed by atoms with Crippen LogP contribution in [0.1, 0.15) is 33.1 Å². The van der Waals surface area contributed by atoms with Crippen LogP contribution in [0.25, 0.3) is 11.3 Å². The van der Waals surface area contributed by atoms with Gasteiger partial charge in [-0.25, -0.2) is 18.9 Å². The molecule has 0 saturated heterocycles. The summed E-state index contributed by atoms with van der Waals surface area (Å²) in [5, 5.41) is 4.38. The molecule has 152 valence electrons. The molecule has 0 aliphatic carbocycles. The van der Waals surface area contributed by atoms with Crippen LogP contribution in [0.5, 0.6) is 0 Å². The second-order valence-corrected chi connectivity index (χ2v) is 6.96. The predicted molar refractivity (Wildman–Crippen MR) is 108 cm³/mol. The van der Waals surface area contributed by atoms with E-state index < -0.39 is 5.97 Å². The molecule has 3 heterocycles. The van der Waals surface area contributed by atoms with Crippen LogP contribution in [0.3, 0.4) is 0 Å². The quantitative estimate of drug-likeness (QED) is 0.486. The number of aryl methyl sites for hydroxylation is 2. The lowest BCUT2D eigenvalue weighted by Crippen LogP contribution is -2.18. The van der Waals surface area contributed by atoms with Crippen molar-refractivity contribution >= 4 is 11.6 Å². The van der Waals surface area contributed by atoms with Crippen LogP contribution >= 0.6 is 0 Å². The van der Waals surface area contributed by atoms with Gasteiger partial charge in [0, 0.05) is 11.8 Å². The first-order valence-corrected chi connectivity index (χ1v) is 9.33. The lowest BCUT2D eigenvalue weighted by molar-refractivity contribution is 0.0466. The highest BCUT2D eigenvalue weighted by atomic mass is 19.1. The van der Waals surface area contributed by atoms with Crippen LogP contribution in [0, 0.1) is 26.6 Å². The van der Waals surface area contributed by atoms with Gasteiger partial charge in [-0.2, -0.15) is 5.10 Å². The summed E-state index contributed by atoms with van der Waals surface area (Å²) in [6.45, 7) is 5.12.